The molecule has 0 bridgehead atoms. The number of nitrogens with one attached hydrogen (secondary N) is 2. The summed E-state index contributed by atoms with van der Waals surface area (Å²) in [6, 6.07) is 2.05. The highest BCUT2D eigenvalue weighted by atomic mass is 16.6. The second kappa shape index (κ2) is 12.2. The summed E-state index contributed by atoms with van der Waals surface area (Å²) in [5.74, 6) is -1.83. The summed E-state index contributed by atoms with van der Waals surface area (Å²) in [5.41, 5.74) is 5.54. The fourth-order valence-corrected chi connectivity index (χ4v) is 3.34. The van der Waals surface area contributed by atoms with Crippen LogP contribution in [0.15, 0.2) is 18.2 Å². The third-order valence-corrected chi connectivity index (χ3v) is 4.67. The maximum atomic E-state index is 13.6. The molecule has 2 unspecified atom stereocenters. The van der Waals surface area contributed by atoms with E-state index in [-0.39, 0.29) is 18.3 Å². The Labute approximate surface area is 201 Å². The van der Waals surface area contributed by atoms with Crippen molar-refractivity contribution in [2.24, 2.45) is 5.73 Å². The molecular weight excluding hydrogens is 440 g/mol. The SMILES string of the molecule is CCCN(C(=O)C(CC(N)=O)NC(=O)OC(C)(C)C)C(C(=O)NC(C)C)c1ccc(O)c(C)c1. The molecule has 0 aliphatic rings. The number of alkyl carbamates (subject to hydrolysis) is 1. The Bertz CT molecular complexity index is 894. The molecule has 1 aromatic carbocycles. The number of benzene rings is 1. The van der Waals surface area contributed by atoms with Gasteiger partial charge in [-0.2, -0.15) is 0 Å². The van der Waals surface area contributed by atoms with Gasteiger partial charge in [-0.15, -0.1) is 0 Å². The zero-order valence-electron chi connectivity index (χ0n) is 21.1. The Morgan fingerprint density at radius 3 is 2.24 bits per heavy atom. The van der Waals surface area contributed by atoms with E-state index in [9.17, 15) is 24.3 Å². The van der Waals surface area contributed by atoms with Crippen LogP contribution in [0, 0.1) is 6.92 Å². The first-order valence-corrected chi connectivity index (χ1v) is 11.3. The van der Waals surface area contributed by atoms with E-state index in [1.54, 1.807) is 53.7 Å². The molecule has 10 heteroatoms. The summed E-state index contributed by atoms with van der Waals surface area (Å²) in [7, 11) is 0. The predicted octanol–water partition coefficient (Wildman–Crippen LogP) is 2.27. The Morgan fingerprint density at radius 1 is 1.15 bits per heavy atom. The third-order valence-electron chi connectivity index (χ3n) is 4.67. The van der Waals surface area contributed by atoms with Crippen LogP contribution in [0.3, 0.4) is 0 Å². The van der Waals surface area contributed by atoms with Crippen molar-refractivity contribution >= 4 is 23.8 Å². The summed E-state index contributed by atoms with van der Waals surface area (Å²) in [5, 5.41) is 15.2. The number of aromatic hydroxyl groups is 1. The number of carbonyl (C=O) groups excluding carboxylic acids is 4. The van der Waals surface area contributed by atoms with Crippen molar-refractivity contribution in [3.63, 3.8) is 0 Å². The first kappa shape index (κ1) is 28.7. The lowest BCUT2D eigenvalue weighted by atomic mass is 9.99. The summed E-state index contributed by atoms with van der Waals surface area (Å²) in [4.78, 5) is 52.3. The molecule has 0 radical (unpaired) electrons. The molecule has 0 saturated carbocycles. The van der Waals surface area contributed by atoms with E-state index in [2.05, 4.69) is 10.6 Å². The highest BCUT2D eigenvalue weighted by Gasteiger charge is 2.36. The van der Waals surface area contributed by atoms with Crippen LogP contribution in [0.1, 0.15) is 71.6 Å². The Morgan fingerprint density at radius 2 is 1.76 bits per heavy atom. The Kier molecular flexibility index (Phi) is 10.3. The Balaban J connectivity index is 3.47. The van der Waals surface area contributed by atoms with Gasteiger partial charge in [0.15, 0.2) is 0 Å². The molecular formula is C24H38N4O6. The van der Waals surface area contributed by atoms with Crippen molar-refractivity contribution < 1.29 is 29.0 Å². The van der Waals surface area contributed by atoms with Crippen molar-refractivity contribution in [2.45, 2.75) is 85.0 Å². The molecule has 1 rings (SSSR count). The first-order chi connectivity index (χ1) is 15.7. The van der Waals surface area contributed by atoms with Crippen molar-refractivity contribution in [3.05, 3.63) is 29.3 Å². The number of hydrogen-bond donors (Lipinski definition) is 4. The number of amides is 4. The molecule has 0 spiro atoms. The smallest absolute Gasteiger partial charge is 0.408 e. The number of phenolic OH excluding ortho intramolecular Hbond substituents is 1. The molecule has 2 atom stereocenters. The van der Waals surface area contributed by atoms with Gasteiger partial charge in [0.05, 0.1) is 6.42 Å². The van der Waals surface area contributed by atoms with Crippen molar-refractivity contribution in [2.75, 3.05) is 6.54 Å². The number of carbonyl (C=O) groups is 4. The lowest BCUT2D eigenvalue weighted by Gasteiger charge is -2.34. The molecule has 0 aromatic heterocycles. The molecule has 10 nitrogen and oxygen atoms in total. The zero-order chi connectivity index (χ0) is 26.2. The average molecular weight is 479 g/mol. The quantitative estimate of drug-likeness (QED) is 0.405. The van der Waals surface area contributed by atoms with Gasteiger partial charge in [-0.05, 0) is 71.2 Å². The predicted molar refractivity (Wildman–Crippen MR) is 128 cm³/mol. The van der Waals surface area contributed by atoms with Crippen LogP contribution < -0.4 is 16.4 Å². The second-order valence-electron chi connectivity index (χ2n) is 9.51. The first-order valence-electron chi connectivity index (χ1n) is 11.3. The molecule has 0 saturated heterocycles. The van der Waals surface area contributed by atoms with E-state index in [0.717, 1.165) is 0 Å². The van der Waals surface area contributed by atoms with Gasteiger partial charge in [0.2, 0.25) is 17.7 Å². The standard InChI is InChI=1S/C24H38N4O6/c1-8-11-28(22(32)17(13-19(25)30)27-23(33)34-24(5,6)7)20(21(31)26-14(2)3)16-9-10-18(29)15(4)12-16/h9-10,12,14,17,20,29H,8,11,13H2,1-7H3,(H2,25,30)(H,26,31)(H,27,33). The topological polar surface area (TPSA) is 151 Å². The van der Waals surface area contributed by atoms with Crippen LogP contribution in [-0.4, -0.2) is 58.1 Å². The largest absolute Gasteiger partial charge is 0.508 e. The second-order valence-corrected chi connectivity index (χ2v) is 9.51. The minimum atomic E-state index is -1.33. The molecule has 34 heavy (non-hydrogen) atoms. The number of ether oxygens (including phenoxy) is 1. The van der Waals surface area contributed by atoms with E-state index < -0.39 is 47.9 Å². The average Bonchev–Trinajstić information content (AvgIpc) is 2.66. The lowest BCUT2D eigenvalue weighted by molar-refractivity contribution is -0.143. The van der Waals surface area contributed by atoms with Crippen LogP contribution in [0.25, 0.3) is 0 Å². The highest BCUT2D eigenvalue weighted by molar-refractivity contribution is 5.94. The van der Waals surface area contributed by atoms with Gasteiger partial charge in [-0.3, -0.25) is 14.4 Å². The van der Waals surface area contributed by atoms with E-state index in [1.165, 1.54) is 11.0 Å². The summed E-state index contributed by atoms with van der Waals surface area (Å²) in [6.07, 6.45) is -0.845. The normalized spacial score (nSPS) is 13.1. The number of nitrogens with two attached hydrogens (primary N) is 1. The van der Waals surface area contributed by atoms with Gasteiger partial charge in [0.25, 0.3) is 0 Å². The monoisotopic (exact) mass is 478 g/mol. The number of aryl methyl sites for hydroxylation is 1. The highest BCUT2D eigenvalue weighted by Crippen LogP contribution is 2.27. The van der Waals surface area contributed by atoms with Gasteiger partial charge in [0, 0.05) is 12.6 Å². The summed E-state index contributed by atoms with van der Waals surface area (Å²) in [6.45, 7) is 12.3. The molecule has 0 aliphatic carbocycles. The number of rotatable bonds is 10. The van der Waals surface area contributed by atoms with E-state index in [1.807, 2.05) is 6.92 Å². The molecule has 0 aliphatic heterocycles. The van der Waals surface area contributed by atoms with Crippen LogP contribution in [-0.2, 0) is 19.1 Å². The summed E-state index contributed by atoms with van der Waals surface area (Å²) < 4.78 is 5.23. The molecule has 0 fully saturated rings. The molecule has 4 amide bonds. The maximum absolute atomic E-state index is 13.6. The maximum Gasteiger partial charge on any atom is 0.408 e. The number of nitrogens with zero attached hydrogens (tertiary/aromatic N) is 1. The van der Waals surface area contributed by atoms with E-state index in [0.29, 0.717) is 17.5 Å². The van der Waals surface area contributed by atoms with Crippen LogP contribution in [0.2, 0.25) is 0 Å². The molecule has 190 valence electrons. The molecule has 0 heterocycles. The van der Waals surface area contributed by atoms with Gasteiger partial charge >= 0.3 is 6.09 Å². The Hall–Kier alpha value is -3.30. The van der Waals surface area contributed by atoms with Crippen LogP contribution >= 0.6 is 0 Å². The summed E-state index contributed by atoms with van der Waals surface area (Å²) >= 11 is 0. The molecule has 1 aromatic rings. The fraction of sp³-hybridized carbons (Fsp3) is 0.583. The zero-order valence-corrected chi connectivity index (χ0v) is 21.1. The van der Waals surface area contributed by atoms with E-state index in [4.69, 9.17) is 10.5 Å². The van der Waals surface area contributed by atoms with Gasteiger partial charge < -0.3 is 31.1 Å². The van der Waals surface area contributed by atoms with Crippen molar-refractivity contribution in [3.8, 4) is 5.75 Å². The van der Waals surface area contributed by atoms with Crippen LogP contribution in [0.5, 0.6) is 5.75 Å². The molecule has 5 N–H and O–H groups in total. The minimum absolute atomic E-state index is 0.0540. The number of hydrogen-bond acceptors (Lipinski definition) is 6. The third kappa shape index (κ3) is 8.92. The van der Waals surface area contributed by atoms with E-state index >= 15 is 0 Å². The van der Waals surface area contributed by atoms with Crippen LogP contribution in [0.4, 0.5) is 4.79 Å². The van der Waals surface area contributed by atoms with Gasteiger partial charge in [0.1, 0.15) is 23.4 Å². The minimum Gasteiger partial charge on any atom is -0.508 e. The number of phenols is 1. The fourth-order valence-electron chi connectivity index (χ4n) is 3.34. The van der Waals surface area contributed by atoms with Gasteiger partial charge in [-0.1, -0.05) is 13.0 Å². The van der Waals surface area contributed by atoms with Crippen molar-refractivity contribution in [1.82, 2.24) is 15.5 Å². The lowest BCUT2D eigenvalue weighted by Crippen LogP contribution is -2.54. The van der Waals surface area contributed by atoms with Crippen molar-refractivity contribution in [1.29, 1.82) is 0 Å². The number of primary amides is 1. The van der Waals surface area contributed by atoms with Gasteiger partial charge in [-0.25, -0.2) is 4.79 Å².